The van der Waals surface area contributed by atoms with Gasteiger partial charge in [0.25, 0.3) is 11.1 Å². The molecule has 0 saturated carbocycles. The number of hydrogen-bond acceptors (Lipinski definition) is 3. The van der Waals surface area contributed by atoms with Gasteiger partial charge in [0.05, 0.1) is 10.8 Å². The molecule has 5 nitrogen and oxygen atoms in total. The highest BCUT2D eigenvalue weighted by Gasteiger charge is 2.10. The van der Waals surface area contributed by atoms with Crippen LogP contribution < -0.4 is 16.4 Å². The Morgan fingerprint density at radius 3 is 2.45 bits per heavy atom. The second-order valence-corrected chi connectivity index (χ2v) is 5.57. The predicted octanol–water partition coefficient (Wildman–Crippen LogP) is 1.32. The summed E-state index contributed by atoms with van der Waals surface area (Å²) < 4.78 is 1.41. The third-order valence-corrected chi connectivity index (χ3v) is 3.25. The highest BCUT2D eigenvalue weighted by atomic mass is 16.2. The van der Waals surface area contributed by atoms with Gasteiger partial charge in [0, 0.05) is 12.6 Å². The largest absolute Gasteiger partial charge is 0.314 e. The summed E-state index contributed by atoms with van der Waals surface area (Å²) in [6, 6.07) is 7.31. The van der Waals surface area contributed by atoms with Gasteiger partial charge in [-0.25, -0.2) is 4.68 Å². The predicted molar refractivity (Wildman–Crippen MR) is 81.1 cm³/mol. The van der Waals surface area contributed by atoms with Crippen molar-refractivity contribution in [3.05, 3.63) is 45.0 Å². The Hall–Kier alpha value is -1.88. The van der Waals surface area contributed by atoms with Crippen molar-refractivity contribution in [2.45, 2.75) is 33.4 Å². The SMILES string of the molecule is CC(CNC(C)C)Cn1[nH]c(=O)c2ccccc2c1=O. The summed E-state index contributed by atoms with van der Waals surface area (Å²) in [5, 5.41) is 6.91. The van der Waals surface area contributed by atoms with Crippen molar-refractivity contribution in [2.75, 3.05) is 6.54 Å². The minimum absolute atomic E-state index is 0.142. The van der Waals surface area contributed by atoms with E-state index in [1.165, 1.54) is 4.68 Å². The van der Waals surface area contributed by atoms with Gasteiger partial charge in [0.15, 0.2) is 0 Å². The molecule has 1 aromatic heterocycles. The van der Waals surface area contributed by atoms with Gasteiger partial charge in [-0.05, 0) is 24.6 Å². The molecule has 1 heterocycles. The van der Waals surface area contributed by atoms with Crippen LogP contribution in [0.25, 0.3) is 10.8 Å². The topological polar surface area (TPSA) is 66.9 Å². The Bertz CT molecular complexity index is 700. The van der Waals surface area contributed by atoms with Crippen molar-refractivity contribution < 1.29 is 0 Å². The molecule has 0 aliphatic heterocycles. The minimum Gasteiger partial charge on any atom is -0.314 e. The second-order valence-electron chi connectivity index (χ2n) is 5.57. The van der Waals surface area contributed by atoms with E-state index in [0.717, 1.165) is 6.54 Å². The van der Waals surface area contributed by atoms with Crippen molar-refractivity contribution in [3.8, 4) is 0 Å². The molecule has 0 fully saturated rings. The Kier molecular flexibility index (Phi) is 4.39. The van der Waals surface area contributed by atoms with Crippen LogP contribution in [-0.2, 0) is 6.54 Å². The van der Waals surface area contributed by atoms with Gasteiger partial charge >= 0.3 is 0 Å². The zero-order valence-electron chi connectivity index (χ0n) is 12.1. The van der Waals surface area contributed by atoms with Crippen LogP contribution >= 0.6 is 0 Å². The number of hydrogen-bond donors (Lipinski definition) is 2. The summed E-state index contributed by atoms with van der Waals surface area (Å²) in [5.41, 5.74) is -0.360. The summed E-state index contributed by atoms with van der Waals surface area (Å²) in [7, 11) is 0. The maximum atomic E-state index is 12.3. The fourth-order valence-corrected chi connectivity index (χ4v) is 2.19. The first-order valence-electron chi connectivity index (χ1n) is 6.94. The molecule has 0 saturated heterocycles. The molecule has 1 aromatic carbocycles. The van der Waals surface area contributed by atoms with Crippen LogP contribution in [0.2, 0.25) is 0 Å². The highest BCUT2D eigenvalue weighted by molar-refractivity contribution is 5.80. The summed E-state index contributed by atoms with van der Waals surface area (Å²) >= 11 is 0. The lowest BCUT2D eigenvalue weighted by Gasteiger charge is -2.16. The molecule has 20 heavy (non-hydrogen) atoms. The lowest BCUT2D eigenvalue weighted by molar-refractivity contribution is 0.396. The maximum absolute atomic E-state index is 12.3. The number of nitrogens with zero attached hydrogens (tertiary/aromatic N) is 1. The van der Waals surface area contributed by atoms with E-state index in [4.69, 9.17) is 0 Å². The normalized spacial score (nSPS) is 13.0. The van der Waals surface area contributed by atoms with Gasteiger partial charge in [0.1, 0.15) is 0 Å². The molecular weight excluding hydrogens is 254 g/mol. The lowest BCUT2D eigenvalue weighted by atomic mass is 10.1. The van der Waals surface area contributed by atoms with E-state index in [1.54, 1.807) is 24.3 Å². The molecule has 1 atom stereocenters. The summed E-state index contributed by atoms with van der Waals surface area (Å²) in [4.78, 5) is 24.3. The quantitative estimate of drug-likeness (QED) is 0.865. The van der Waals surface area contributed by atoms with Crippen LogP contribution in [0, 0.1) is 5.92 Å². The smallest absolute Gasteiger partial charge is 0.273 e. The molecule has 1 unspecified atom stereocenters. The van der Waals surface area contributed by atoms with Crippen molar-refractivity contribution in [1.29, 1.82) is 0 Å². The molecule has 0 bridgehead atoms. The van der Waals surface area contributed by atoms with Crippen molar-refractivity contribution in [2.24, 2.45) is 5.92 Å². The molecule has 108 valence electrons. The fraction of sp³-hybridized carbons (Fsp3) is 0.467. The number of fused-ring (bicyclic) bond motifs is 1. The average Bonchev–Trinajstić information content (AvgIpc) is 2.42. The number of H-pyrrole nitrogens is 1. The van der Waals surface area contributed by atoms with Gasteiger partial charge in [-0.3, -0.25) is 14.7 Å². The van der Waals surface area contributed by atoms with E-state index < -0.39 is 0 Å². The van der Waals surface area contributed by atoms with E-state index in [0.29, 0.717) is 23.4 Å². The summed E-state index contributed by atoms with van der Waals surface area (Å²) in [6.45, 7) is 7.51. The standard InChI is InChI=1S/C15H21N3O2/c1-10(2)16-8-11(3)9-18-15(20)13-7-5-4-6-12(13)14(19)17-18/h4-7,10-11,16H,8-9H2,1-3H3,(H,17,19). The molecule has 0 radical (unpaired) electrons. The third kappa shape index (κ3) is 3.17. The Morgan fingerprint density at radius 1 is 1.15 bits per heavy atom. The van der Waals surface area contributed by atoms with Gasteiger partial charge in [0.2, 0.25) is 0 Å². The fourth-order valence-electron chi connectivity index (χ4n) is 2.19. The molecule has 2 N–H and O–H groups in total. The van der Waals surface area contributed by atoms with Crippen LogP contribution in [0.15, 0.2) is 33.9 Å². The average molecular weight is 275 g/mol. The van der Waals surface area contributed by atoms with E-state index in [9.17, 15) is 9.59 Å². The van der Waals surface area contributed by atoms with Crippen molar-refractivity contribution in [1.82, 2.24) is 15.1 Å². The van der Waals surface area contributed by atoms with Gasteiger partial charge in [-0.1, -0.05) is 32.9 Å². The Labute approximate surface area is 117 Å². The number of benzene rings is 1. The first kappa shape index (κ1) is 14.5. The number of aromatic amines is 1. The van der Waals surface area contributed by atoms with Crippen LogP contribution in [-0.4, -0.2) is 22.4 Å². The minimum atomic E-state index is -0.218. The van der Waals surface area contributed by atoms with E-state index in [1.807, 2.05) is 0 Å². The van der Waals surface area contributed by atoms with Crippen LogP contribution in [0.4, 0.5) is 0 Å². The third-order valence-electron chi connectivity index (χ3n) is 3.25. The van der Waals surface area contributed by atoms with Crippen LogP contribution in [0.3, 0.4) is 0 Å². The van der Waals surface area contributed by atoms with Gasteiger partial charge in [-0.2, -0.15) is 0 Å². The van der Waals surface area contributed by atoms with E-state index >= 15 is 0 Å². The van der Waals surface area contributed by atoms with Crippen molar-refractivity contribution >= 4 is 10.8 Å². The molecular formula is C15H21N3O2. The van der Waals surface area contributed by atoms with Gasteiger partial charge in [-0.15, -0.1) is 0 Å². The monoisotopic (exact) mass is 275 g/mol. The Morgan fingerprint density at radius 2 is 1.80 bits per heavy atom. The molecule has 2 aromatic rings. The first-order chi connectivity index (χ1) is 9.49. The lowest BCUT2D eigenvalue weighted by Crippen LogP contribution is -2.35. The summed E-state index contributed by atoms with van der Waals surface area (Å²) in [6.07, 6.45) is 0. The Balaban J connectivity index is 2.29. The molecule has 0 aliphatic rings. The molecule has 5 heteroatoms. The van der Waals surface area contributed by atoms with Crippen LogP contribution in [0.5, 0.6) is 0 Å². The highest BCUT2D eigenvalue weighted by Crippen LogP contribution is 2.03. The zero-order chi connectivity index (χ0) is 14.7. The number of nitrogens with one attached hydrogen (secondary N) is 2. The van der Waals surface area contributed by atoms with Crippen LogP contribution in [0.1, 0.15) is 20.8 Å². The van der Waals surface area contributed by atoms with Crippen molar-refractivity contribution in [3.63, 3.8) is 0 Å². The molecule has 2 rings (SSSR count). The van der Waals surface area contributed by atoms with E-state index in [2.05, 4.69) is 31.2 Å². The maximum Gasteiger partial charge on any atom is 0.273 e. The van der Waals surface area contributed by atoms with Gasteiger partial charge < -0.3 is 5.32 Å². The molecule has 0 spiro atoms. The zero-order valence-corrected chi connectivity index (χ0v) is 12.1. The first-order valence-corrected chi connectivity index (χ1v) is 6.94. The second kappa shape index (κ2) is 6.05. The molecule has 0 aliphatic carbocycles. The number of aromatic nitrogens is 2. The summed E-state index contributed by atoms with van der Waals surface area (Å²) in [5.74, 6) is 0.256. The van der Waals surface area contributed by atoms with E-state index in [-0.39, 0.29) is 17.0 Å². The number of rotatable bonds is 5. The molecule has 0 amide bonds.